The highest BCUT2D eigenvalue weighted by Gasteiger charge is 2.31. The molecule has 1 aromatic rings. The van der Waals surface area contributed by atoms with Gasteiger partial charge in [0, 0.05) is 19.6 Å². The lowest BCUT2D eigenvalue weighted by molar-refractivity contribution is 0.0391. The minimum absolute atomic E-state index is 0.329. The molecule has 0 aromatic heterocycles. The first kappa shape index (κ1) is 16.7. The van der Waals surface area contributed by atoms with E-state index >= 15 is 0 Å². The Labute approximate surface area is 131 Å². The van der Waals surface area contributed by atoms with Gasteiger partial charge in [0.15, 0.2) is 0 Å². The second-order valence-corrected chi connectivity index (χ2v) is 6.78. The first-order chi connectivity index (χ1) is 10.3. The molecule has 0 aliphatic carbocycles. The molecule has 4 nitrogen and oxygen atoms in total. The van der Waals surface area contributed by atoms with Crippen molar-refractivity contribution in [2.75, 3.05) is 13.1 Å². The van der Waals surface area contributed by atoms with E-state index in [0.717, 1.165) is 13.1 Å². The number of carbonyl (C=O) groups is 1. The van der Waals surface area contributed by atoms with Crippen LogP contribution in [-0.4, -0.2) is 41.9 Å². The fourth-order valence-electron chi connectivity index (χ4n) is 2.57. The largest absolute Gasteiger partial charge is 0.444 e. The van der Waals surface area contributed by atoms with Crippen LogP contribution in [0.2, 0.25) is 0 Å². The Morgan fingerprint density at radius 1 is 1.36 bits per heavy atom. The van der Waals surface area contributed by atoms with Crippen LogP contribution in [0.5, 0.6) is 0 Å². The molecule has 22 heavy (non-hydrogen) atoms. The summed E-state index contributed by atoms with van der Waals surface area (Å²) < 4.78 is 19.5. The van der Waals surface area contributed by atoms with Crippen molar-refractivity contribution in [3.63, 3.8) is 0 Å². The van der Waals surface area contributed by atoms with Crippen molar-refractivity contribution >= 4 is 6.09 Å². The minimum atomic E-state index is -1.08. The molecular formula is C17H25FN2O2. The van der Waals surface area contributed by atoms with Crippen LogP contribution in [0.4, 0.5) is 9.18 Å². The zero-order valence-electron chi connectivity index (χ0n) is 13.5. The number of nitrogens with one attached hydrogen (secondary N) is 1. The summed E-state index contributed by atoms with van der Waals surface area (Å²) in [7, 11) is 0. The maximum atomic E-state index is 14.3. The maximum absolute atomic E-state index is 14.3. The zero-order chi connectivity index (χ0) is 16.2. The molecule has 1 aromatic carbocycles. The number of benzene rings is 1. The van der Waals surface area contributed by atoms with Gasteiger partial charge in [-0.15, -0.1) is 0 Å². The van der Waals surface area contributed by atoms with Crippen LogP contribution in [0.25, 0.3) is 0 Å². The lowest BCUT2D eigenvalue weighted by atomic mass is 10.0. The monoisotopic (exact) mass is 308 g/mol. The van der Waals surface area contributed by atoms with Gasteiger partial charge in [0.05, 0.1) is 6.04 Å². The highest BCUT2D eigenvalue weighted by molar-refractivity contribution is 5.68. The maximum Gasteiger partial charge on any atom is 0.407 e. The Kier molecular flexibility index (Phi) is 5.40. The van der Waals surface area contributed by atoms with Crippen molar-refractivity contribution in [3.8, 4) is 0 Å². The number of piperidine rings is 1. The first-order valence-electron chi connectivity index (χ1n) is 7.73. The molecule has 0 spiro atoms. The highest BCUT2D eigenvalue weighted by atomic mass is 19.1. The summed E-state index contributed by atoms with van der Waals surface area (Å²) in [5, 5.41) is 2.65. The van der Waals surface area contributed by atoms with Crippen LogP contribution < -0.4 is 5.32 Å². The van der Waals surface area contributed by atoms with Crippen molar-refractivity contribution in [2.45, 2.75) is 51.6 Å². The van der Waals surface area contributed by atoms with Crippen molar-refractivity contribution in [2.24, 2.45) is 0 Å². The standard InChI is InChI=1S/C17H25FN2O2/c1-17(2,3)22-16(21)19-15-9-10-20(12-14(15)18)11-13-7-5-4-6-8-13/h4-8,14-15H,9-12H2,1-3H3,(H,19,21). The van der Waals surface area contributed by atoms with Crippen LogP contribution in [0.1, 0.15) is 32.8 Å². The van der Waals surface area contributed by atoms with E-state index in [-0.39, 0.29) is 0 Å². The predicted molar refractivity (Wildman–Crippen MR) is 84.4 cm³/mol. The summed E-state index contributed by atoms with van der Waals surface area (Å²) in [5.74, 6) is 0. The van der Waals surface area contributed by atoms with Crippen molar-refractivity contribution in [1.29, 1.82) is 0 Å². The molecule has 5 heteroatoms. The smallest absolute Gasteiger partial charge is 0.407 e. The summed E-state index contributed by atoms with van der Waals surface area (Å²) in [6.45, 7) is 7.21. The molecule has 1 saturated heterocycles. The number of ether oxygens (including phenoxy) is 1. The number of nitrogens with zero attached hydrogens (tertiary/aromatic N) is 1. The number of likely N-dealkylation sites (tertiary alicyclic amines) is 1. The van der Waals surface area contributed by atoms with Gasteiger partial charge >= 0.3 is 6.09 Å². The molecule has 2 atom stereocenters. The van der Waals surface area contributed by atoms with Gasteiger partial charge in [-0.3, -0.25) is 4.90 Å². The SMILES string of the molecule is CC(C)(C)OC(=O)NC1CCN(Cc2ccccc2)CC1F. The average Bonchev–Trinajstić information content (AvgIpc) is 2.41. The van der Waals surface area contributed by atoms with E-state index in [1.807, 2.05) is 30.3 Å². The van der Waals surface area contributed by atoms with Gasteiger partial charge < -0.3 is 10.1 Å². The van der Waals surface area contributed by atoms with Crippen molar-refractivity contribution in [3.05, 3.63) is 35.9 Å². The summed E-state index contributed by atoms with van der Waals surface area (Å²) in [6, 6.07) is 9.55. The summed E-state index contributed by atoms with van der Waals surface area (Å²) in [4.78, 5) is 13.8. The lowest BCUT2D eigenvalue weighted by Gasteiger charge is -2.35. The van der Waals surface area contributed by atoms with E-state index in [1.54, 1.807) is 20.8 Å². The van der Waals surface area contributed by atoms with Gasteiger partial charge in [0.1, 0.15) is 11.8 Å². The molecule has 2 unspecified atom stereocenters. The molecule has 0 saturated carbocycles. The van der Waals surface area contributed by atoms with Gasteiger partial charge in [-0.25, -0.2) is 9.18 Å². The molecule has 0 bridgehead atoms. The van der Waals surface area contributed by atoms with Gasteiger partial charge in [0.25, 0.3) is 0 Å². The molecule has 2 rings (SSSR count). The van der Waals surface area contributed by atoms with Crippen LogP contribution >= 0.6 is 0 Å². The number of alkyl carbamates (subject to hydrolysis) is 1. The van der Waals surface area contributed by atoms with E-state index in [2.05, 4.69) is 10.2 Å². The van der Waals surface area contributed by atoms with E-state index in [9.17, 15) is 9.18 Å². The third-order valence-corrected chi connectivity index (χ3v) is 3.58. The second-order valence-electron chi connectivity index (χ2n) is 6.78. The number of rotatable bonds is 3. The molecular weight excluding hydrogens is 283 g/mol. The highest BCUT2D eigenvalue weighted by Crippen LogP contribution is 2.17. The third kappa shape index (κ3) is 5.30. The van der Waals surface area contributed by atoms with E-state index in [4.69, 9.17) is 4.74 Å². The third-order valence-electron chi connectivity index (χ3n) is 3.58. The van der Waals surface area contributed by atoms with E-state index in [1.165, 1.54) is 5.56 Å². The number of amides is 1. The van der Waals surface area contributed by atoms with Gasteiger partial charge in [-0.05, 0) is 32.8 Å². The number of hydrogen-bond acceptors (Lipinski definition) is 3. The lowest BCUT2D eigenvalue weighted by Crippen LogP contribution is -2.52. The Morgan fingerprint density at radius 2 is 2.05 bits per heavy atom. The Morgan fingerprint density at radius 3 is 2.64 bits per heavy atom. The average molecular weight is 308 g/mol. The molecule has 0 radical (unpaired) electrons. The number of alkyl halides is 1. The first-order valence-corrected chi connectivity index (χ1v) is 7.73. The van der Waals surface area contributed by atoms with Crippen LogP contribution in [-0.2, 0) is 11.3 Å². The fourth-order valence-corrected chi connectivity index (χ4v) is 2.57. The van der Waals surface area contributed by atoms with Crippen LogP contribution in [0.15, 0.2) is 30.3 Å². The Bertz CT molecular complexity index is 487. The van der Waals surface area contributed by atoms with Gasteiger partial charge in [-0.1, -0.05) is 30.3 Å². The molecule has 1 amide bonds. The molecule has 1 fully saturated rings. The minimum Gasteiger partial charge on any atom is -0.444 e. The normalized spacial score (nSPS) is 23.1. The molecule has 122 valence electrons. The number of hydrogen-bond donors (Lipinski definition) is 1. The van der Waals surface area contributed by atoms with Crippen molar-refractivity contribution in [1.82, 2.24) is 10.2 Å². The second kappa shape index (κ2) is 7.09. The van der Waals surface area contributed by atoms with E-state index in [0.29, 0.717) is 13.0 Å². The molecule has 1 heterocycles. The Hall–Kier alpha value is -1.62. The van der Waals surface area contributed by atoms with Gasteiger partial charge in [-0.2, -0.15) is 0 Å². The molecule has 1 aliphatic heterocycles. The fraction of sp³-hybridized carbons (Fsp3) is 0.588. The van der Waals surface area contributed by atoms with Crippen LogP contribution in [0.3, 0.4) is 0 Å². The summed E-state index contributed by atoms with van der Waals surface area (Å²) >= 11 is 0. The molecule has 1 N–H and O–H groups in total. The topological polar surface area (TPSA) is 41.6 Å². The number of halogens is 1. The zero-order valence-corrected chi connectivity index (χ0v) is 13.5. The predicted octanol–water partition coefficient (Wildman–Crippen LogP) is 3.12. The van der Waals surface area contributed by atoms with Crippen molar-refractivity contribution < 1.29 is 13.9 Å². The summed E-state index contributed by atoms with van der Waals surface area (Å²) in [5.41, 5.74) is 0.609. The number of carbonyl (C=O) groups excluding carboxylic acids is 1. The Balaban J connectivity index is 1.81. The summed E-state index contributed by atoms with van der Waals surface area (Å²) in [6.07, 6.45) is -1.03. The quantitative estimate of drug-likeness (QED) is 0.933. The van der Waals surface area contributed by atoms with Gasteiger partial charge in [0.2, 0.25) is 0 Å². The molecule has 1 aliphatic rings. The van der Waals surface area contributed by atoms with Crippen LogP contribution in [0, 0.1) is 0 Å². The van der Waals surface area contributed by atoms with E-state index < -0.39 is 23.9 Å².